The molecule has 0 unspecified atom stereocenters. The van der Waals surface area contributed by atoms with Crippen molar-refractivity contribution >= 4 is 23.3 Å². The highest BCUT2D eigenvalue weighted by Crippen LogP contribution is 2.34. The summed E-state index contributed by atoms with van der Waals surface area (Å²) in [4.78, 5) is 36.1. The molecular formula is C15H16N2O7. The van der Waals surface area contributed by atoms with Crippen molar-refractivity contribution in [3.05, 3.63) is 45.1 Å². The lowest BCUT2D eigenvalue weighted by Gasteiger charge is -2.30. The molecule has 0 N–H and O–H groups in total. The number of nitro groups is 1. The summed E-state index contributed by atoms with van der Waals surface area (Å²) in [5, 5.41) is 11.3. The van der Waals surface area contributed by atoms with E-state index in [1.807, 2.05) is 0 Å². The predicted molar refractivity (Wildman–Crippen MR) is 82.2 cm³/mol. The number of methoxy groups -OCH3 is 2. The highest BCUT2D eigenvalue weighted by Gasteiger charge is 2.35. The van der Waals surface area contributed by atoms with Gasteiger partial charge in [-0.05, 0) is 18.6 Å². The Morgan fingerprint density at radius 3 is 2.50 bits per heavy atom. The molecule has 0 aliphatic carbocycles. The third-order valence-electron chi connectivity index (χ3n) is 3.45. The number of benzene rings is 1. The molecule has 0 radical (unpaired) electrons. The van der Waals surface area contributed by atoms with Gasteiger partial charge in [0, 0.05) is 6.07 Å². The highest BCUT2D eigenvalue weighted by molar-refractivity contribution is 6.03. The lowest BCUT2D eigenvalue weighted by Crippen LogP contribution is -2.39. The molecule has 0 saturated heterocycles. The molecule has 0 amide bonds. The van der Waals surface area contributed by atoms with Crippen LogP contribution >= 0.6 is 0 Å². The molecule has 0 fully saturated rings. The van der Waals surface area contributed by atoms with E-state index in [0.29, 0.717) is 5.56 Å². The minimum absolute atomic E-state index is 0.0644. The molecule has 1 aromatic carbocycles. The van der Waals surface area contributed by atoms with E-state index in [9.17, 15) is 19.7 Å². The smallest absolute Gasteiger partial charge is 0.355 e. The Morgan fingerprint density at radius 2 is 1.92 bits per heavy atom. The van der Waals surface area contributed by atoms with Crippen molar-refractivity contribution in [3.8, 4) is 0 Å². The summed E-state index contributed by atoms with van der Waals surface area (Å²) in [5.41, 5.74) is 0.381. The Bertz CT molecular complexity index is 727. The van der Waals surface area contributed by atoms with Crippen LogP contribution in [0.3, 0.4) is 0 Å². The minimum atomic E-state index is -0.812. The average molecular weight is 336 g/mol. The van der Waals surface area contributed by atoms with Gasteiger partial charge < -0.3 is 19.1 Å². The van der Waals surface area contributed by atoms with Crippen molar-refractivity contribution in [2.45, 2.75) is 6.92 Å². The molecule has 0 atom stereocenters. The van der Waals surface area contributed by atoms with E-state index in [1.165, 1.54) is 17.0 Å². The van der Waals surface area contributed by atoms with Gasteiger partial charge in [0.15, 0.2) is 0 Å². The van der Waals surface area contributed by atoms with Crippen molar-refractivity contribution in [2.24, 2.45) is 0 Å². The number of carbonyl (C=O) groups is 2. The highest BCUT2D eigenvalue weighted by atomic mass is 16.6. The predicted octanol–water partition coefficient (Wildman–Crippen LogP) is 1.30. The number of ether oxygens (including phenoxy) is 3. The maximum absolute atomic E-state index is 12.2. The monoisotopic (exact) mass is 336 g/mol. The normalized spacial score (nSPS) is 14.4. The number of carbonyl (C=O) groups excluding carboxylic acids is 2. The van der Waals surface area contributed by atoms with Gasteiger partial charge in [0.1, 0.15) is 18.1 Å². The van der Waals surface area contributed by atoms with Gasteiger partial charge in [-0.1, -0.05) is 6.07 Å². The van der Waals surface area contributed by atoms with Gasteiger partial charge in [0.25, 0.3) is 5.69 Å². The summed E-state index contributed by atoms with van der Waals surface area (Å²) in [6, 6.07) is 4.51. The Morgan fingerprint density at radius 1 is 1.25 bits per heavy atom. The van der Waals surface area contributed by atoms with Crippen molar-refractivity contribution in [2.75, 3.05) is 32.5 Å². The van der Waals surface area contributed by atoms with Gasteiger partial charge in [-0.15, -0.1) is 0 Å². The van der Waals surface area contributed by atoms with Gasteiger partial charge in [0.2, 0.25) is 0 Å². The van der Waals surface area contributed by atoms with E-state index in [1.54, 1.807) is 13.0 Å². The lowest BCUT2D eigenvalue weighted by molar-refractivity contribution is -0.384. The second-order valence-corrected chi connectivity index (χ2v) is 4.97. The molecule has 2 rings (SSSR count). The molecule has 0 bridgehead atoms. The Balaban J connectivity index is 2.66. The molecule has 0 aromatic heterocycles. The van der Waals surface area contributed by atoms with Crippen LogP contribution in [0, 0.1) is 17.0 Å². The SMILES string of the molecule is COC(=O)C1=C(C(=O)OC)N(c2ccc(C)cc2[N+](=O)[O-])COC1. The average Bonchev–Trinajstić information content (AvgIpc) is 2.59. The maximum Gasteiger partial charge on any atom is 0.355 e. The lowest BCUT2D eigenvalue weighted by atomic mass is 10.1. The molecule has 24 heavy (non-hydrogen) atoms. The zero-order valence-electron chi connectivity index (χ0n) is 13.4. The van der Waals surface area contributed by atoms with Gasteiger partial charge in [-0.25, -0.2) is 9.59 Å². The first-order valence-electron chi connectivity index (χ1n) is 6.90. The molecule has 1 heterocycles. The van der Waals surface area contributed by atoms with Crippen LogP contribution in [-0.4, -0.2) is 44.4 Å². The Labute approximate surface area is 137 Å². The number of hydrogen-bond donors (Lipinski definition) is 0. The van der Waals surface area contributed by atoms with Crippen LogP contribution in [0.5, 0.6) is 0 Å². The summed E-state index contributed by atoms with van der Waals surface area (Å²) in [7, 11) is 2.32. The van der Waals surface area contributed by atoms with Gasteiger partial charge in [0.05, 0.1) is 31.3 Å². The minimum Gasteiger partial charge on any atom is -0.466 e. The van der Waals surface area contributed by atoms with Crippen LogP contribution in [0.25, 0.3) is 0 Å². The fourth-order valence-corrected chi connectivity index (χ4v) is 2.34. The van der Waals surface area contributed by atoms with Gasteiger partial charge in [-0.3, -0.25) is 10.1 Å². The standard InChI is InChI=1S/C15H16N2O7/c1-9-4-5-11(12(6-9)17(20)21)16-8-24-7-10(14(18)22-2)13(16)15(19)23-3/h4-6H,7-8H2,1-3H3. The van der Waals surface area contributed by atoms with Crippen LogP contribution in [-0.2, 0) is 23.8 Å². The topological polar surface area (TPSA) is 108 Å². The Kier molecular flexibility index (Phi) is 5.14. The molecule has 9 heteroatoms. The molecule has 1 aromatic rings. The maximum atomic E-state index is 12.2. The quantitative estimate of drug-likeness (QED) is 0.460. The molecule has 0 saturated carbocycles. The van der Waals surface area contributed by atoms with Crippen LogP contribution in [0.4, 0.5) is 11.4 Å². The first-order chi connectivity index (χ1) is 11.4. The number of nitro benzene ring substituents is 1. The first-order valence-corrected chi connectivity index (χ1v) is 6.90. The van der Waals surface area contributed by atoms with Crippen LogP contribution in [0.2, 0.25) is 0 Å². The van der Waals surface area contributed by atoms with Crippen molar-refractivity contribution < 1.29 is 28.7 Å². The van der Waals surface area contributed by atoms with Gasteiger partial charge >= 0.3 is 11.9 Å². The van der Waals surface area contributed by atoms with E-state index in [4.69, 9.17) is 9.47 Å². The molecule has 1 aliphatic rings. The first kappa shape index (κ1) is 17.4. The fraction of sp³-hybridized carbons (Fsp3) is 0.333. The molecule has 0 spiro atoms. The summed E-state index contributed by atoms with van der Waals surface area (Å²) in [6.07, 6.45) is 0. The molecule has 128 valence electrons. The molecular weight excluding hydrogens is 320 g/mol. The van der Waals surface area contributed by atoms with E-state index < -0.39 is 16.9 Å². The zero-order chi connectivity index (χ0) is 17.9. The van der Waals surface area contributed by atoms with Crippen LogP contribution in [0.1, 0.15) is 5.56 Å². The number of hydrogen-bond acceptors (Lipinski definition) is 8. The second-order valence-electron chi connectivity index (χ2n) is 4.97. The van der Waals surface area contributed by atoms with Gasteiger partial charge in [-0.2, -0.15) is 0 Å². The molecule has 1 aliphatic heterocycles. The van der Waals surface area contributed by atoms with Crippen molar-refractivity contribution in [1.29, 1.82) is 0 Å². The third kappa shape index (κ3) is 3.20. The van der Waals surface area contributed by atoms with E-state index in [2.05, 4.69) is 4.74 Å². The fourth-order valence-electron chi connectivity index (χ4n) is 2.34. The number of rotatable bonds is 4. The van der Waals surface area contributed by atoms with Crippen molar-refractivity contribution in [3.63, 3.8) is 0 Å². The van der Waals surface area contributed by atoms with E-state index >= 15 is 0 Å². The van der Waals surface area contributed by atoms with Crippen LogP contribution in [0.15, 0.2) is 29.5 Å². The van der Waals surface area contributed by atoms with E-state index in [0.717, 1.165) is 14.2 Å². The number of anilines is 1. The summed E-state index contributed by atoms with van der Waals surface area (Å²) >= 11 is 0. The number of aryl methyl sites for hydroxylation is 1. The molecule has 9 nitrogen and oxygen atoms in total. The summed E-state index contributed by atoms with van der Waals surface area (Å²) < 4.78 is 14.7. The number of esters is 2. The number of nitrogens with zero attached hydrogens (tertiary/aromatic N) is 2. The second kappa shape index (κ2) is 7.09. The summed E-state index contributed by atoms with van der Waals surface area (Å²) in [6.45, 7) is 1.41. The Hall–Kier alpha value is -2.94. The van der Waals surface area contributed by atoms with E-state index in [-0.39, 0.29) is 36.0 Å². The zero-order valence-corrected chi connectivity index (χ0v) is 13.4. The van der Waals surface area contributed by atoms with Crippen molar-refractivity contribution in [1.82, 2.24) is 0 Å². The van der Waals surface area contributed by atoms with Crippen LogP contribution < -0.4 is 4.90 Å². The third-order valence-corrected chi connectivity index (χ3v) is 3.45. The largest absolute Gasteiger partial charge is 0.466 e. The summed E-state index contributed by atoms with van der Waals surface area (Å²) in [5.74, 6) is -1.58.